The number of benzene rings is 2. The van der Waals surface area contributed by atoms with E-state index in [-0.39, 0.29) is 12.1 Å². The average molecular weight is 366 g/mol. The van der Waals surface area contributed by atoms with Gasteiger partial charge in [0.1, 0.15) is 0 Å². The first-order valence-corrected chi connectivity index (χ1v) is 9.50. The molecule has 1 saturated heterocycles. The lowest BCUT2D eigenvalue weighted by Gasteiger charge is -2.30. The third-order valence-corrected chi connectivity index (χ3v) is 5.15. The number of morpholine rings is 1. The van der Waals surface area contributed by atoms with Crippen molar-refractivity contribution in [1.29, 1.82) is 0 Å². The van der Waals surface area contributed by atoms with Crippen LogP contribution in [-0.2, 0) is 17.6 Å². The number of urea groups is 1. The van der Waals surface area contributed by atoms with E-state index in [0.717, 1.165) is 43.0 Å². The molecule has 0 aromatic heterocycles. The number of fused-ring (bicyclic) bond motifs is 2. The number of rotatable bonds is 3. The number of amides is 2. The highest BCUT2D eigenvalue weighted by atomic mass is 16.5. The number of para-hydroxylation sites is 1. The summed E-state index contributed by atoms with van der Waals surface area (Å²) in [7, 11) is 2.07. The fourth-order valence-electron chi connectivity index (χ4n) is 3.64. The molecule has 2 aromatic carbocycles. The largest absolute Gasteiger partial charge is 0.374 e. The minimum absolute atomic E-state index is 0.0414. The third kappa shape index (κ3) is 4.40. The topological polar surface area (TPSA) is 65.6 Å². The summed E-state index contributed by atoms with van der Waals surface area (Å²) >= 11 is 0. The number of carbonyl (C=O) groups is 1. The first kappa shape index (κ1) is 17.8. The predicted octanol–water partition coefficient (Wildman–Crippen LogP) is 2.98. The van der Waals surface area contributed by atoms with Crippen LogP contribution in [0.1, 0.15) is 11.1 Å². The van der Waals surface area contributed by atoms with E-state index < -0.39 is 0 Å². The Morgan fingerprint density at radius 3 is 2.85 bits per heavy atom. The Morgan fingerprint density at radius 2 is 2.00 bits per heavy atom. The first-order valence-electron chi connectivity index (χ1n) is 9.50. The van der Waals surface area contributed by atoms with E-state index in [1.165, 1.54) is 11.1 Å². The first-order chi connectivity index (χ1) is 13.2. The van der Waals surface area contributed by atoms with Crippen LogP contribution >= 0.6 is 0 Å². The van der Waals surface area contributed by atoms with E-state index in [1.807, 2.05) is 18.2 Å². The van der Waals surface area contributed by atoms with Gasteiger partial charge in [-0.05, 0) is 49.2 Å². The van der Waals surface area contributed by atoms with Gasteiger partial charge in [0.25, 0.3) is 0 Å². The van der Waals surface area contributed by atoms with Gasteiger partial charge in [-0.25, -0.2) is 4.79 Å². The molecule has 2 aliphatic rings. The number of hydrogen-bond donors (Lipinski definition) is 3. The van der Waals surface area contributed by atoms with E-state index in [9.17, 15) is 4.79 Å². The van der Waals surface area contributed by atoms with Crippen LogP contribution in [0.15, 0.2) is 42.5 Å². The Kier molecular flexibility index (Phi) is 5.27. The molecule has 1 fully saturated rings. The van der Waals surface area contributed by atoms with Crippen LogP contribution in [0.2, 0.25) is 0 Å². The summed E-state index contributed by atoms with van der Waals surface area (Å²) in [6, 6.07) is 14.2. The molecule has 0 saturated carbocycles. The van der Waals surface area contributed by atoms with Gasteiger partial charge in [-0.1, -0.05) is 24.3 Å². The summed E-state index contributed by atoms with van der Waals surface area (Å²) in [4.78, 5) is 14.5. The number of ether oxygens (including phenoxy) is 1. The van der Waals surface area contributed by atoms with Crippen molar-refractivity contribution >= 4 is 23.1 Å². The van der Waals surface area contributed by atoms with Crippen molar-refractivity contribution in [2.45, 2.75) is 18.9 Å². The van der Waals surface area contributed by atoms with Crippen LogP contribution in [0.3, 0.4) is 0 Å². The Bertz CT molecular complexity index is 824. The maximum Gasteiger partial charge on any atom is 0.319 e. The molecule has 0 bridgehead atoms. The van der Waals surface area contributed by atoms with Crippen LogP contribution in [0.4, 0.5) is 21.9 Å². The fourth-order valence-corrected chi connectivity index (χ4v) is 3.64. The lowest BCUT2D eigenvalue weighted by molar-refractivity contribution is -0.0166. The molecular formula is C21H26N4O2. The summed E-state index contributed by atoms with van der Waals surface area (Å²) in [5.74, 6) is 0. The quantitative estimate of drug-likeness (QED) is 0.781. The van der Waals surface area contributed by atoms with Crippen molar-refractivity contribution < 1.29 is 9.53 Å². The Morgan fingerprint density at radius 1 is 1.19 bits per heavy atom. The van der Waals surface area contributed by atoms with Crippen molar-refractivity contribution in [2.24, 2.45) is 0 Å². The van der Waals surface area contributed by atoms with Crippen molar-refractivity contribution in [2.75, 3.05) is 43.9 Å². The van der Waals surface area contributed by atoms with Crippen LogP contribution in [0.25, 0.3) is 0 Å². The molecule has 27 heavy (non-hydrogen) atoms. The monoisotopic (exact) mass is 366 g/mol. The molecule has 6 nitrogen and oxygen atoms in total. The predicted molar refractivity (Wildman–Crippen MR) is 108 cm³/mol. The van der Waals surface area contributed by atoms with E-state index in [4.69, 9.17) is 4.74 Å². The number of likely N-dealkylation sites (N-methyl/N-ethyl adjacent to an activating group) is 1. The van der Waals surface area contributed by atoms with Crippen molar-refractivity contribution in [1.82, 2.24) is 10.2 Å². The van der Waals surface area contributed by atoms with Gasteiger partial charge in [-0.3, -0.25) is 0 Å². The summed E-state index contributed by atoms with van der Waals surface area (Å²) in [5, 5.41) is 9.34. The molecule has 142 valence electrons. The minimum atomic E-state index is -0.208. The molecule has 0 spiro atoms. The van der Waals surface area contributed by atoms with Gasteiger partial charge < -0.3 is 25.6 Å². The molecule has 4 rings (SSSR count). The zero-order valence-corrected chi connectivity index (χ0v) is 15.6. The van der Waals surface area contributed by atoms with Gasteiger partial charge >= 0.3 is 6.03 Å². The van der Waals surface area contributed by atoms with Crippen LogP contribution in [-0.4, -0.2) is 50.3 Å². The molecule has 1 atom stereocenters. The number of aryl methyl sites for hydroxylation is 2. The molecule has 2 amide bonds. The van der Waals surface area contributed by atoms with Crippen molar-refractivity contribution in [3.05, 3.63) is 53.6 Å². The number of nitrogens with one attached hydrogen (secondary N) is 3. The Hall–Kier alpha value is -2.57. The minimum Gasteiger partial charge on any atom is -0.374 e. The average Bonchev–Trinajstić information content (AvgIpc) is 2.85. The summed E-state index contributed by atoms with van der Waals surface area (Å²) in [6.45, 7) is 2.99. The maximum atomic E-state index is 12.3. The van der Waals surface area contributed by atoms with Crippen LogP contribution in [0.5, 0.6) is 0 Å². The van der Waals surface area contributed by atoms with Gasteiger partial charge in [-0.2, -0.15) is 0 Å². The number of carbonyl (C=O) groups excluding carboxylic acids is 1. The van der Waals surface area contributed by atoms with Gasteiger partial charge in [-0.15, -0.1) is 0 Å². The standard InChI is InChI=1S/C21H26N4O2/c1-25-10-11-27-18(14-25)13-22-21(26)23-17-9-8-16-7-6-15-4-2-3-5-19(15)24-20(16)12-17/h2-5,8-9,12,18,24H,6-7,10-11,13-14H2,1H3,(H2,22,23,26)/t18-/m0/s1. The Labute approximate surface area is 159 Å². The normalized spacial score (nSPS) is 19.2. The fraction of sp³-hybridized carbons (Fsp3) is 0.381. The highest BCUT2D eigenvalue weighted by Crippen LogP contribution is 2.31. The lowest BCUT2D eigenvalue weighted by Crippen LogP contribution is -2.46. The molecule has 3 N–H and O–H groups in total. The summed E-state index contributed by atoms with van der Waals surface area (Å²) in [6.07, 6.45) is 2.04. The maximum absolute atomic E-state index is 12.3. The van der Waals surface area contributed by atoms with Crippen molar-refractivity contribution in [3.63, 3.8) is 0 Å². The number of anilines is 3. The molecule has 2 aromatic rings. The van der Waals surface area contributed by atoms with E-state index in [0.29, 0.717) is 13.2 Å². The van der Waals surface area contributed by atoms with E-state index in [2.05, 4.69) is 52.2 Å². The van der Waals surface area contributed by atoms with Crippen molar-refractivity contribution in [3.8, 4) is 0 Å². The molecule has 0 radical (unpaired) electrons. The van der Waals surface area contributed by atoms with Gasteiger partial charge in [0.15, 0.2) is 0 Å². The summed E-state index contributed by atoms with van der Waals surface area (Å²) in [5.41, 5.74) is 5.54. The smallest absolute Gasteiger partial charge is 0.319 e. The van der Waals surface area contributed by atoms with Gasteiger partial charge in [0.2, 0.25) is 0 Å². The zero-order valence-electron chi connectivity index (χ0n) is 15.6. The molecule has 2 aliphatic heterocycles. The molecule has 2 heterocycles. The molecule has 0 unspecified atom stereocenters. The highest BCUT2D eigenvalue weighted by molar-refractivity contribution is 5.90. The van der Waals surface area contributed by atoms with E-state index >= 15 is 0 Å². The third-order valence-electron chi connectivity index (χ3n) is 5.15. The SMILES string of the molecule is CN1CCO[C@@H](CNC(=O)Nc2ccc3c(c2)Nc2ccccc2CC3)C1. The Balaban J connectivity index is 1.38. The zero-order chi connectivity index (χ0) is 18.6. The van der Waals surface area contributed by atoms with Crippen LogP contribution < -0.4 is 16.0 Å². The van der Waals surface area contributed by atoms with Gasteiger partial charge in [0, 0.05) is 36.7 Å². The molecule has 0 aliphatic carbocycles. The molecule has 6 heteroatoms. The summed E-state index contributed by atoms with van der Waals surface area (Å²) < 4.78 is 5.68. The van der Waals surface area contributed by atoms with E-state index in [1.54, 1.807) is 0 Å². The second kappa shape index (κ2) is 7.98. The number of nitrogens with zero attached hydrogens (tertiary/aromatic N) is 1. The molecular weight excluding hydrogens is 340 g/mol. The second-order valence-corrected chi connectivity index (χ2v) is 7.24. The van der Waals surface area contributed by atoms with Crippen LogP contribution in [0, 0.1) is 0 Å². The lowest BCUT2D eigenvalue weighted by atomic mass is 10.0. The number of hydrogen-bond acceptors (Lipinski definition) is 4. The second-order valence-electron chi connectivity index (χ2n) is 7.24. The van der Waals surface area contributed by atoms with Gasteiger partial charge in [0.05, 0.1) is 12.7 Å². The highest BCUT2D eigenvalue weighted by Gasteiger charge is 2.18.